The molecule has 0 aliphatic rings. The Bertz CT molecular complexity index is 713. The van der Waals surface area contributed by atoms with Gasteiger partial charge in [0.2, 0.25) is 0 Å². The number of para-hydroxylation sites is 3. The van der Waals surface area contributed by atoms with Gasteiger partial charge in [-0.2, -0.15) is 0 Å². The number of hydrogen-bond acceptors (Lipinski definition) is 3. The van der Waals surface area contributed by atoms with Gasteiger partial charge in [-0.1, -0.05) is 75.4 Å². The molecule has 0 saturated heterocycles. The highest BCUT2D eigenvalue weighted by Gasteiger charge is 2.52. The molecule has 0 radical (unpaired) electrons. The zero-order valence-electron chi connectivity index (χ0n) is 16.1. The predicted molar refractivity (Wildman–Crippen MR) is 111 cm³/mol. The summed E-state index contributed by atoms with van der Waals surface area (Å²) in [4.78, 5) is 0. The van der Waals surface area contributed by atoms with Gasteiger partial charge in [0.25, 0.3) is 0 Å². The normalized spacial score (nSPS) is 11.7. The molecule has 3 nitrogen and oxygen atoms in total. The van der Waals surface area contributed by atoms with Crippen LogP contribution >= 0.6 is 0 Å². The van der Waals surface area contributed by atoms with Crippen LogP contribution in [0.4, 0.5) is 0 Å². The van der Waals surface area contributed by atoms with Gasteiger partial charge in [-0.15, -0.1) is 0 Å². The van der Waals surface area contributed by atoms with Crippen molar-refractivity contribution in [2.75, 3.05) is 0 Å². The Balaban J connectivity index is 2.01. The Hall–Kier alpha value is -2.72. The summed E-state index contributed by atoms with van der Waals surface area (Å²) in [6.45, 7) is 6.52. The highest BCUT2D eigenvalue weighted by Crippen LogP contribution is 2.33. The van der Waals surface area contributed by atoms with Crippen LogP contribution < -0.4 is 13.3 Å². The van der Waals surface area contributed by atoms with Gasteiger partial charge in [0, 0.05) is 0 Å². The lowest BCUT2D eigenvalue weighted by Gasteiger charge is -2.34. The molecule has 0 amide bonds. The Labute approximate surface area is 162 Å². The minimum absolute atomic E-state index is 0.0371. The molecule has 0 spiro atoms. The molecular weight excluding hydrogens is 352 g/mol. The molecule has 0 atom stereocenters. The van der Waals surface area contributed by atoms with Crippen LogP contribution in [-0.4, -0.2) is 8.80 Å². The fourth-order valence-electron chi connectivity index (χ4n) is 2.82. The van der Waals surface area contributed by atoms with Gasteiger partial charge in [-0.25, -0.2) is 0 Å². The molecule has 0 aliphatic heterocycles. The van der Waals surface area contributed by atoms with E-state index in [4.69, 9.17) is 13.3 Å². The molecule has 3 aromatic carbocycles. The molecule has 0 heterocycles. The van der Waals surface area contributed by atoms with Crippen molar-refractivity contribution in [1.29, 1.82) is 0 Å². The van der Waals surface area contributed by atoms with Crippen molar-refractivity contribution in [1.82, 2.24) is 0 Å². The van der Waals surface area contributed by atoms with Crippen LogP contribution in [0.25, 0.3) is 0 Å². The number of hydrogen-bond donors (Lipinski definition) is 0. The van der Waals surface area contributed by atoms with E-state index in [1.807, 2.05) is 91.0 Å². The van der Waals surface area contributed by atoms with Gasteiger partial charge in [-0.3, -0.25) is 0 Å². The van der Waals surface area contributed by atoms with Crippen molar-refractivity contribution >= 4 is 8.80 Å². The van der Waals surface area contributed by atoms with E-state index in [0.29, 0.717) is 6.04 Å². The third-order valence-electron chi connectivity index (χ3n) is 3.80. The summed E-state index contributed by atoms with van der Waals surface area (Å²) < 4.78 is 19.4. The molecule has 0 aliphatic carbocycles. The average molecular weight is 379 g/mol. The van der Waals surface area contributed by atoms with Crippen LogP contribution in [0.5, 0.6) is 17.2 Å². The van der Waals surface area contributed by atoms with Crippen LogP contribution in [0.2, 0.25) is 6.04 Å². The van der Waals surface area contributed by atoms with Crippen LogP contribution in [-0.2, 0) is 0 Å². The van der Waals surface area contributed by atoms with Crippen molar-refractivity contribution in [3.63, 3.8) is 0 Å². The summed E-state index contributed by atoms with van der Waals surface area (Å²) in [5.74, 6) is 2.25. The molecule has 27 heavy (non-hydrogen) atoms. The third kappa shape index (κ3) is 5.90. The lowest BCUT2D eigenvalue weighted by molar-refractivity contribution is 0.237. The molecule has 0 aromatic heterocycles. The minimum atomic E-state index is -3.15. The van der Waals surface area contributed by atoms with Crippen molar-refractivity contribution in [3.05, 3.63) is 91.0 Å². The van der Waals surface area contributed by atoms with Crippen molar-refractivity contribution in [2.45, 2.75) is 26.8 Å². The maximum absolute atomic E-state index is 6.48. The predicted octanol–water partition coefficient (Wildman–Crippen LogP) is 6.21. The molecule has 3 aromatic rings. The third-order valence-corrected chi connectivity index (χ3v) is 6.93. The summed E-state index contributed by atoms with van der Waals surface area (Å²) in [5.41, 5.74) is -0.0371. The summed E-state index contributed by atoms with van der Waals surface area (Å²) >= 11 is 0. The highest BCUT2D eigenvalue weighted by atomic mass is 28.4. The van der Waals surface area contributed by atoms with E-state index in [1.165, 1.54) is 0 Å². The van der Waals surface area contributed by atoms with Gasteiger partial charge < -0.3 is 13.3 Å². The summed E-state index contributed by atoms with van der Waals surface area (Å²) in [6.07, 6.45) is 0. The second-order valence-corrected chi connectivity index (χ2v) is 10.00. The van der Waals surface area contributed by atoms with E-state index >= 15 is 0 Å². The number of benzene rings is 3. The molecule has 0 bridgehead atoms. The van der Waals surface area contributed by atoms with Gasteiger partial charge >= 0.3 is 8.80 Å². The molecule has 4 heteroatoms. The molecule has 0 saturated carbocycles. The maximum atomic E-state index is 6.48. The molecule has 140 valence electrons. The fourth-order valence-corrected chi connectivity index (χ4v) is 5.95. The molecule has 0 N–H and O–H groups in total. The first-order valence-corrected chi connectivity index (χ1v) is 11.1. The average Bonchev–Trinajstić information content (AvgIpc) is 2.62. The van der Waals surface area contributed by atoms with E-state index in [1.54, 1.807) is 0 Å². The van der Waals surface area contributed by atoms with E-state index in [9.17, 15) is 0 Å². The van der Waals surface area contributed by atoms with Crippen LogP contribution in [0, 0.1) is 5.41 Å². The Morgan fingerprint density at radius 2 is 0.852 bits per heavy atom. The summed E-state index contributed by atoms with van der Waals surface area (Å²) in [6, 6.07) is 29.9. The minimum Gasteiger partial charge on any atom is -0.483 e. The van der Waals surface area contributed by atoms with Crippen LogP contribution in [0.3, 0.4) is 0 Å². The second-order valence-electron chi connectivity index (χ2n) is 7.67. The van der Waals surface area contributed by atoms with Gasteiger partial charge in [0.15, 0.2) is 0 Å². The Morgan fingerprint density at radius 1 is 0.556 bits per heavy atom. The first-order chi connectivity index (χ1) is 12.9. The quantitative estimate of drug-likeness (QED) is 0.458. The monoisotopic (exact) mass is 378 g/mol. The van der Waals surface area contributed by atoms with E-state index < -0.39 is 8.80 Å². The maximum Gasteiger partial charge on any atom is 0.699 e. The second kappa shape index (κ2) is 8.31. The lowest BCUT2D eigenvalue weighted by atomic mass is 10.0. The molecular formula is C23H26O3Si. The zero-order chi connectivity index (χ0) is 19.2. The molecule has 3 rings (SSSR count). The first kappa shape index (κ1) is 19.0. The molecule has 0 fully saturated rings. The van der Waals surface area contributed by atoms with E-state index in [-0.39, 0.29) is 5.41 Å². The van der Waals surface area contributed by atoms with Crippen molar-refractivity contribution < 1.29 is 13.3 Å². The Kier molecular flexibility index (Phi) is 5.87. The summed E-state index contributed by atoms with van der Waals surface area (Å²) in [7, 11) is -3.15. The highest BCUT2D eigenvalue weighted by molar-refractivity contribution is 6.63. The largest absolute Gasteiger partial charge is 0.699 e. The van der Waals surface area contributed by atoms with Crippen molar-refractivity contribution in [3.8, 4) is 17.2 Å². The Morgan fingerprint density at radius 3 is 1.11 bits per heavy atom. The number of rotatable bonds is 7. The smallest absolute Gasteiger partial charge is 0.483 e. The van der Waals surface area contributed by atoms with Gasteiger partial charge in [0.1, 0.15) is 17.2 Å². The van der Waals surface area contributed by atoms with Gasteiger partial charge in [-0.05, 0) is 41.8 Å². The van der Waals surface area contributed by atoms with E-state index in [2.05, 4.69) is 20.8 Å². The fraction of sp³-hybridized carbons (Fsp3) is 0.217. The van der Waals surface area contributed by atoms with Crippen molar-refractivity contribution in [2.24, 2.45) is 5.41 Å². The standard InChI is InChI=1S/C23H26O3Si/c1-23(2,3)19-27(24-20-13-7-4-8-14-20,25-21-15-9-5-10-16-21)26-22-17-11-6-12-18-22/h4-18H,19H2,1-3H3. The summed E-state index contributed by atoms with van der Waals surface area (Å²) in [5, 5.41) is 0. The zero-order valence-corrected chi connectivity index (χ0v) is 17.1. The lowest BCUT2D eigenvalue weighted by Crippen LogP contribution is -2.56. The van der Waals surface area contributed by atoms with Crippen LogP contribution in [0.15, 0.2) is 91.0 Å². The van der Waals surface area contributed by atoms with Crippen LogP contribution in [0.1, 0.15) is 20.8 Å². The first-order valence-electron chi connectivity index (χ1n) is 9.16. The van der Waals surface area contributed by atoms with Gasteiger partial charge in [0.05, 0.1) is 6.04 Å². The van der Waals surface area contributed by atoms with E-state index in [0.717, 1.165) is 17.2 Å². The topological polar surface area (TPSA) is 27.7 Å². The SMILES string of the molecule is CC(C)(C)C[Si](Oc1ccccc1)(Oc1ccccc1)Oc1ccccc1. The molecule has 0 unspecified atom stereocenters.